The Morgan fingerprint density at radius 1 is 1.24 bits per heavy atom. The summed E-state index contributed by atoms with van der Waals surface area (Å²) in [7, 11) is 1.66. The molecule has 0 bridgehead atoms. The van der Waals surface area contributed by atoms with Crippen LogP contribution >= 0.6 is 0 Å². The molecule has 0 saturated carbocycles. The average Bonchev–Trinajstić information content (AvgIpc) is 2.43. The van der Waals surface area contributed by atoms with Crippen molar-refractivity contribution < 1.29 is 9.47 Å². The highest BCUT2D eigenvalue weighted by Crippen LogP contribution is 2.27. The van der Waals surface area contributed by atoms with E-state index in [1.165, 1.54) is 0 Å². The molecule has 6 nitrogen and oxygen atoms in total. The second-order valence-corrected chi connectivity index (χ2v) is 5.43. The lowest BCUT2D eigenvalue weighted by atomic mass is 10.1. The summed E-state index contributed by atoms with van der Waals surface area (Å²) in [6.45, 7) is 8.25. The predicted molar refractivity (Wildman–Crippen MR) is 85.8 cm³/mol. The number of ether oxygens (including phenoxy) is 2. The van der Waals surface area contributed by atoms with Gasteiger partial charge in [0, 0.05) is 20.1 Å². The number of nitrogens with zero attached hydrogens (tertiary/aromatic N) is 2. The Morgan fingerprint density at radius 3 is 2.62 bits per heavy atom. The molecule has 0 saturated heterocycles. The van der Waals surface area contributed by atoms with Gasteiger partial charge in [-0.2, -0.15) is 4.98 Å². The molecule has 1 heterocycles. The molecule has 0 aromatic carbocycles. The van der Waals surface area contributed by atoms with E-state index in [1.807, 2.05) is 0 Å². The van der Waals surface area contributed by atoms with Crippen LogP contribution in [-0.4, -0.2) is 36.8 Å². The van der Waals surface area contributed by atoms with Crippen LogP contribution in [0.5, 0.6) is 5.88 Å². The zero-order valence-electron chi connectivity index (χ0n) is 13.6. The van der Waals surface area contributed by atoms with Crippen LogP contribution < -0.4 is 15.8 Å². The van der Waals surface area contributed by atoms with Crippen molar-refractivity contribution in [2.24, 2.45) is 5.92 Å². The molecule has 0 aliphatic rings. The number of hydrogen-bond donors (Lipinski definition) is 2. The van der Waals surface area contributed by atoms with E-state index in [1.54, 1.807) is 7.11 Å². The molecule has 1 rings (SSSR count). The highest BCUT2D eigenvalue weighted by Gasteiger charge is 2.13. The number of anilines is 2. The Morgan fingerprint density at radius 2 is 2.00 bits per heavy atom. The summed E-state index contributed by atoms with van der Waals surface area (Å²) in [5.74, 6) is 2.34. The Bertz CT molecular complexity index is 393. The van der Waals surface area contributed by atoms with Crippen molar-refractivity contribution in [1.29, 1.82) is 0 Å². The summed E-state index contributed by atoms with van der Waals surface area (Å²) in [4.78, 5) is 8.93. The topological polar surface area (TPSA) is 82.3 Å². The lowest BCUT2D eigenvalue weighted by Crippen LogP contribution is -2.15. The molecule has 0 spiro atoms. The van der Waals surface area contributed by atoms with Crippen molar-refractivity contribution in [3.63, 3.8) is 0 Å². The summed E-state index contributed by atoms with van der Waals surface area (Å²) < 4.78 is 10.7. The Kier molecular flexibility index (Phi) is 7.82. The van der Waals surface area contributed by atoms with Crippen molar-refractivity contribution in [2.75, 3.05) is 37.9 Å². The van der Waals surface area contributed by atoms with Crippen molar-refractivity contribution in [3.8, 4) is 5.88 Å². The number of nitrogen functional groups attached to an aromatic ring is 1. The Hall–Kier alpha value is -1.56. The highest BCUT2D eigenvalue weighted by molar-refractivity contribution is 5.66. The van der Waals surface area contributed by atoms with E-state index in [2.05, 4.69) is 36.1 Å². The number of nitrogens with two attached hydrogens (primary N) is 1. The maximum Gasteiger partial charge on any atom is 0.242 e. The predicted octanol–water partition coefficient (Wildman–Crippen LogP) is 2.49. The summed E-state index contributed by atoms with van der Waals surface area (Å²) in [5, 5.41) is 3.18. The zero-order chi connectivity index (χ0) is 15.7. The maximum absolute atomic E-state index is 6.09. The van der Waals surface area contributed by atoms with Gasteiger partial charge in [0.25, 0.3) is 0 Å². The van der Waals surface area contributed by atoms with Crippen LogP contribution in [0.25, 0.3) is 0 Å². The summed E-state index contributed by atoms with van der Waals surface area (Å²) >= 11 is 0. The molecule has 0 aliphatic carbocycles. The number of unbranched alkanes of at least 4 members (excludes halogenated alkanes) is 1. The first-order valence-electron chi connectivity index (χ1n) is 7.60. The quantitative estimate of drug-likeness (QED) is 0.646. The third-order valence-electron chi connectivity index (χ3n) is 2.88. The van der Waals surface area contributed by atoms with Gasteiger partial charge in [-0.3, -0.25) is 0 Å². The van der Waals surface area contributed by atoms with Gasteiger partial charge in [0.05, 0.1) is 13.2 Å². The van der Waals surface area contributed by atoms with Crippen LogP contribution in [0.15, 0.2) is 0 Å². The molecule has 0 aliphatic heterocycles. The van der Waals surface area contributed by atoms with Gasteiger partial charge >= 0.3 is 0 Å². The minimum atomic E-state index is 0.467. The van der Waals surface area contributed by atoms with Crippen molar-refractivity contribution >= 4 is 11.5 Å². The van der Waals surface area contributed by atoms with Crippen molar-refractivity contribution in [1.82, 2.24) is 9.97 Å². The lowest BCUT2D eigenvalue weighted by Gasteiger charge is -2.14. The first kappa shape index (κ1) is 17.5. The molecule has 0 amide bonds. The van der Waals surface area contributed by atoms with Gasteiger partial charge in [-0.1, -0.05) is 27.2 Å². The molecule has 0 radical (unpaired) electrons. The zero-order valence-corrected chi connectivity index (χ0v) is 13.6. The van der Waals surface area contributed by atoms with Gasteiger partial charge in [-0.05, 0) is 12.3 Å². The molecule has 0 fully saturated rings. The van der Waals surface area contributed by atoms with E-state index in [-0.39, 0.29) is 0 Å². The summed E-state index contributed by atoms with van der Waals surface area (Å²) in [6.07, 6.45) is 2.85. The fraction of sp³-hybridized carbons (Fsp3) is 0.733. The van der Waals surface area contributed by atoms with Crippen LogP contribution in [-0.2, 0) is 11.2 Å². The standard InChI is InChI=1S/C15H28N4O2/c1-5-6-8-21-15-13(16)14(17-7-9-20-4)18-12(19-15)10-11(2)3/h11H,5-10,16H2,1-4H3,(H,17,18,19). The van der Waals surface area contributed by atoms with E-state index < -0.39 is 0 Å². The average molecular weight is 296 g/mol. The third kappa shape index (κ3) is 6.16. The SMILES string of the molecule is CCCCOc1nc(CC(C)C)nc(NCCOC)c1N. The van der Waals surface area contributed by atoms with Gasteiger partial charge in [-0.15, -0.1) is 0 Å². The van der Waals surface area contributed by atoms with Crippen LogP contribution in [0.3, 0.4) is 0 Å². The molecule has 120 valence electrons. The molecular weight excluding hydrogens is 268 g/mol. The van der Waals surface area contributed by atoms with Crippen molar-refractivity contribution in [2.45, 2.75) is 40.0 Å². The van der Waals surface area contributed by atoms with Gasteiger partial charge < -0.3 is 20.5 Å². The lowest BCUT2D eigenvalue weighted by molar-refractivity contribution is 0.210. The minimum absolute atomic E-state index is 0.467. The largest absolute Gasteiger partial charge is 0.476 e. The van der Waals surface area contributed by atoms with Crippen LogP contribution in [0.4, 0.5) is 11.5 Å². The number of nitrogens with one attached hydrogen (secondary N) is 1. The molecule has 0 atom stereocenters. The maximum atomic E-state index is 6.09. The van der Waals surface area contributed by atoms with E-state index in [0.29, 0.717) is 43.1 Å². The smallest absolute Gasteiger partial charge is 0.242 e. The van der Waals surface area contributed by atoms with Gasteiger partial charge in [0.1, 0.15) is 11.5 Å². The van der Waals surface area contributed by atoms with E-state index in [0.717, 1.165) is 25.1 Å². The summed E-state index contributed by atoms with van der Waals surface area (Å²) in [6, 6.07) is 0. The molecule has 1 aromatic rings. The minimum Gasteiger partial charge on any atom is -0.476 e. The molecule has 21 heavy (non-hydrogen) atoms. The second-order valence-electron chi connectivity index (χ2n) is 5.43. The number of aromatic nitrogens is 2. The molecule has 1 aromatic heterocycles. The second kappa shape index (κ2) is 9.39. The number of methoxy groups -OCH3 is 1. The number of rotatable bonds is 10. The van der Waals surface area contributed by atoms with E-state index in [9.17, 15) is 0 Å². The molecule has 0 unspecified atom stereocenters. The van der Waals surface area contributed by atoms with Gasteiger partial charge in [0.2, 0.25) is 5.88 Å². The fourth-order valence-corrected chi connectivity index (χ4v) is 1.78. The normalized spacial score (nSPS) is 10.9. The summed E-state index contributed by atoms with van der Waals surface area (Å²) in [5.41, 5.74) is 6.56. The van der Waals surface area contributed by atoms with E-state index in [4.69, 9.17) is 15.2 Å². The Labute approximate surface area is 127 Å². The van der Waals surface area contributed by atoms with Crippen molar-refractivity contribution in [3.05, 3.63) is 5.82 Å². The van der Waals surface area contributed by atoms with Gasteiger partial charge in [0.15, 0.2) is 5.82 Å². The fourth-order valence-electron chi connectivity index (χ4n) is 1.78. The number of hydrogen-bond acceptors (Lipinski definition) is 6. The first-order valence-corrected chi connectivity index (χ1v) is 7.60. The van der Waals surface area contributed by atoms with E-state index >= 15 is 0 Å². The van der Waals surface area contributed by atoms with Crippen LogP contribution in [0.2, 0.25) is 0 Å². The van der Waals surface area contributed by atoms with Gasteiger partial charge in [-0.25, -0.2) is 4.98 Å². The Balaban J connectivity index is 2.89. The van der Waals surface area contributed by atoms with Crippen LogP contribution in [0.1, 0.15) is 39.4 Å². The molecular formula is C15H28N4O2. The first-order chi connectivity index (χ1) is 10.1. The molecule has 3 N–H and O–H groups in total. The monoisotopic (exact) mass is 296 g/mol. The highest BCUT2D eigenvalue weighted by atomic mass is 16.5. The molecule has 6 heteroatoms. The third-order valence-corrected chi connectivity index (χ3v) is 2.88. The van der Waals surface area contributed by atoms with Crippen LogP contribution in [0, 0.1) is 5.92 Å².